The van der Waals surface area contributed by atoms with E-state index in [1.165, 1.54) is 12.3 Å². The molecule has 0 aromatic heterocycles. The Balaban J connectivity index is 2.41. The first-order valence-corrected chi connectivity index (χ1v) is 5.77. The maximum absolute atomic E-state index is 5.78. The van der Waals surface area contributed by atoms with Crippen LogP contribution in [0.3, 0.4) is 0 Å². The number of thioether (sulfide) groups is 1. The van der Waals surface area contributed by atoms with Gasteiger partial charge in [0.05, 0.1) is 0 Å². The van der Waals surface area contributed by atoms with E-state index in [0.29, 0.717) is 12.1 Å². The molecule has 0 aliphatic carbocycles. The number of nitrogens with zero attached hydrogens (tertiary/aromatic N) is 1. The fourth-order valence-corrected chi connectivity index (χ4v) is 2.79. The molecule has 1 aliphatic heterocycles. The largest absolute Gasteiger partial charge is 0.327 e. The van der Waals surface area contributed by atoms with E-state index in [4.69, 9.17) is 5.73 Å². The van der Waals surface area contributed by atoms with Gasteiger partial charge in [0, 0.05) is 36.2 Å². The molecule has 3 unspecified atom stereocenters. The van der Waals surface area contributed by atoms with Crippen LogP contribution >= 0.6 is 11.8 Å². The van der Waals surface area contributed by atoms with Gasteiger partial charge in [0.15, 0.2) is 0 Å². The van der Waals surface area contributed by atoms with Crippen molar-refractivity contribution in [1.82, 2.24) is 4.90 Å². The molecule has 3 heteroatoms. The molecule has 1 aliphatic rings. The zero-order valence-corrected chi connectivity index (χ0v) is 9.10. The predicted octanol–water partition coefficient (Wildman–Crippen LogP) is 1.16. The lowest BCUT2D eigenvalue weighted by Crippen LogP contribution is -2.48. The van der Waals surface area contributed by atoms with Crippen molar-refractivity contribution in [2.24, 2.45) is 5.73 Å². The van der Waals surface area contributed by atoms with Crippen molar-refractivity contribution in [2.75, 3.05) is 18.8 Å². The first-order valence-electron chi connectivity index (χ1n) is 4.72. The first-order chi connectivity index (χ1) is 5.61. The molecule has 0 spiro atoms. The third kappa shape index (κ3) is 2.64. The molecule has 3 atom stereocenters. The maximum Gasteiger partial charge on any atom is 0.0184 e. The summed E-state index contributed by atoms with van der Waals surface area (Å²) in [5.41, 5.74) is 5.78. The average Bonchev–Trinajstić information content (AvgIpc) is 1.98. The van der Waals surface area contributed by atoms with Gasteiger partial charge in [0.1, 0.15) is 0 Å². The number of nitrogens with two attached hydrogens (primary N) is 1. The van der Waals surface area contributed by atoms with Crippen LogP contribution in [0.4, 0.5) is 0 Å². The van der Waals surface area contributed by atoms with E-state index in [2.05, 4.69) is 37.4 Å². The van der Waals surface area contributed by atoms with Gasteiger partial charge in [0.25, 0.3) is 0 Å². The SMILES string of the molecule is CC(N)CN1CCSC(C)C1C. The van der Waals surface area contributed by atoms with Crippen molar-refractivity contribution in [2.45, 2.75) is 38.1 Å². The van der Waals surface area contributed by atoms with E-state index in [0.717, 1.165) is 11.8 Å². The highest BCUT2D eigenvalue weighted by Gasteiger charge is 2.25. The van der Waals surface area contributed by atoms with E-state index in [1.807, 2.05) is 0 Å². The molecule has 0 amide bonds. The molecule has 1 heterocycles. The normalized spacial score (nSPS) is 35.0. The summed E-state index contributed by atoms with van der Waals surface area (Å²) in [6, 6.07) is 0.998. The molecule has 1 rings (SSSR count). The molecule has 0 aromatic carbocycles. The van der Waals surface area contributed by atoms with Gasteiger partial charge < -0.3 is 5.73 Å². The van der Waals surface area contributed by atoms with Crippen molar-refractivity contribution < 1.29 is 0 Å². The summed E-state index contributed by atoms with van der Waals surface area (Å²) in [6.45, 7) is 8.95. The van der Waals surface area contributed by atoms with Crippen LogP contribution in [0.15, 0.2) is 0 Å². The van der Waals surface area contributed by atoms with Crippen LogP contribution in [0.1, 0.15) is 20.8 Å². The summed E-state index contributed by atoms with van der Waals surface area (Å²) >= 11 is 2.07. The molecule has 0 aromatic rings. The lowest BCUT2D eigenvalue weighted by molar-refractivity contribution is 0.204. The quantitative estimate of drug-likeness (QED) is 0.705. The minimum absolute atomic E-state index is 0.308. The smallest absolute Gasteiger partial charge is 0.0184 e. The highest BCUT2D eigenvalue weighted by atomic mass is 32.2. The third-order valence-corrected chi connectivity index (χ3v) is 3.87. The second-order valence-corrected chi connectivity index (χ2v) is 5.27. The van der Waals surface area contributed by atoms with Crippen molar-refractivity contribution in [3.05, 3.63) is 0 Å². The van der Waals surface area contributed by atoms with Crippen LogP contribution in [0.2, 0.25) is 0 Å². The molecule has 1 fully saturated rings. The third-order valence-electron chi connectivity index (χ3n) is 2.54. The van der Waals surface area contributed by atoms with Crippen LogP contribution in [0, 0.1) is 0 Å². The summed E-state index contributed by atoms with van der Waals surface area (Å²) in [7, 11) is 0. The monoisotopic (exact) mass is 188 g/mol. The minimum atomic E-state index is 0.308. The average molecular weight is 188 g/mol. The Morgan fingerprint density at radius 2 is 2.25 bits per heavy atom. The Morgan fingerprint density at radius 1 is 1.58 bits per heavy atom. The van der Waals surface area contributed by atoms with Gasteiger partial charge in [0.2, 0.25) is 0 Å². The van der Waals surface area contributed by atoms with E-state index >= 15 is 0 Å². The van der Waals surface area contributed by atoms with Gasteiger partial charge >= 0.3 is 0 Å². The van der Waals surface area contributed by atoms with Gasteiger partial charge in [-0.15, -0.1) is 0 Å². The molecular formula is C9H20N2S. The Bertz CT molecular complexity index is 138. The van der Waals surface area contributed by atoms with Gasteiger partial charge in [-0.3, -0.25) is 4.90 Å². The summed E-state index contributed by atoms with van der Waals surface area (Å²) in [4.78, 5) is 2.51. The van der Waals surface area contributed by atoms with Crippen LogP contribution in [0.5, 0.6) is 0 Å². The zero-order valence-electron chi connectivity index (χ0n) is 8.29. The molecule has 0 saturated carbocycles. The zero-order chi connectivity index (χ0) is 9.14. The van der Waals surface area contributed by atoms with Crippen molar-refractivity contribution in [3.63, 3.8) is 0 Å². The predicted molar refractivity (Wildman–Crippen MR) is 56.6 cm³/mol. The number of hydrogen-bond acceptors (Lipinski definition) is 3. The van der Waals surface area contributed by atoms with E-state index in [1.54, 1.807) is 0 Å². The van der Waals surface area contributed by atoms with E-state index in [9.17, 15) is 0 Å². The van der Waals surface area contributed by atoms with Gasteiger partial charge in [-0.1, -0.05) is 6.92 Å². The fourth-order valence-electron chi connectivity index (χ4n) is 1.62. The van der Waals surface area contributed by atoms with Gasteiger partial charge in [-0.05, 0) is 13.8 Å². The summed E-state index contributed by atoms with van der Waals surface area (Å²) in [6.07, 6.45) is 0. The Hall–Kier alpha value is 0.270. The van der Waals surface area contributed by atoms with E-state index in [-0.39, 0.29) is 0 Å². The van der Waals surface area contributed by atoms with Crippen molar-refractivity contribution in [3.8, 4) is 0 Å². The minimum Gasteiger partial charge on any atom is -0.327 e. The van der Waals surface area contributed by atoms with Crippen LogP contribution < -0.4 is 5.73 Å². The highest BCUT2D eigenvalue weighted by molar-refractivity contribution is 8.00. The first kappa shape index (κ1) is 10.4. The summed E-state index contributed by atoms with van der Waals surface area (Å²) in [5, 5.41) is 0.762. The Morgan fingerprint density at radius 3 is 2.83 bits per heavy atom. The topological polar surface area (TPSA) is 29.3 Å². The van der Waals surface area contributed by atoms with Crippen LogP contribution in [-0.4, -0.2) is 41.1 Å². The standard InChI is InChI=1S/C9H20N2S/c1-7(10)6-11-4-5-12-9(3)8(11)2/h7-9H,4-6,10H2,1-3H3. The van der Waals surface area contributed by atoms with Gasteiger partial charge in [-0.2, -0.15) is 11.8 Å². The molecule has 2 N–H and O–H groups in total. The maximum atomic E-state index is 5.78. The Labute approximate surface area is 79.9 Å². The Kier molecular flexibility index (Phi) is 3.87. The highest BCUT2D eigenvalue weighted by Crippen LogP contribution is 2.23. The lowest BCUT2D eigenvalue weighted by atomic mass is 10.2. The van der Waals surface area contributed by atoms with Crippen LogP contribution in [0.25, 0.3) is 0 Å². The van der Waals surface area contributed by atoms with Crippen molar-refractivity contribution >= 4 is 11.8 Å². The molecule has 2 nitrogen and oxygen atoms in total. The second kappa shape index (κ2) is 4.49. The molecule has 0 radical (unpaired) electrons. The molecule has 1 saturated heterocycles. The van der Waals surface area contributed by atoms with Gasteiger partial charge in [-0.25, -0.2) is 0 Å². The number of hydrogen-bond donors (Lipinski definition) is 1. The number of rotatable bonds is 2. The van der Waals surface area contributed by atoms with Crippen LogP contribution in [-0.2, 0) is 0 Å². The summed E-state index contributed by atoms with van der Waals surface area (Å²) < 4.78 is 0. The fraction of sp³-hybridized carbons (Fsp3) is 1.00. The second-order valence-electron chi connectivity index (χ2n) is 3.79. The molecule has 0 bridgehead atoms. The lowest BCUT2D eigenvalue weighted by Gasteiger charge is -2.38. The van der Waals surface area contributed by atoms with Crippen molar-refractivity contribution in [1.29, 1.82) is 0 Å². The van der Waals surface area contributed by atoms with E-state index < -0.39 is 0 Å². The summed E-state index contributed by atoms with van der Waals surface area (Å²) in [5.74, 6) is 1.26. The molecule has 12 heavy (non-hydrogen) atoms. The molecular weight excluding hydrogens is 168 g/mol. The molecule has 72 valence electrons.